The SMILES string of the molecule is CCOC(=O)CCC(N)Cc1ccc(F)c(C)c1. The largest absolute Gasteiger partial charge is 0.466 e. The molecular weight excluding hydrogens is 233 g/mol. The van der Waals surface area contributed by atoms with Gasteiger partial charge in [0.1, 0.15) is 5.82 Å². The number of aryl methyl sites for hydroxylation is 1. The highest BCUT2D eigenvalue weighted by Gasteiger charge is 2.09. The highest BCUT2D eigenvalue weighted by molar-refractivity contribution is 5.69. The highest BCUT2D eigenvalue weighted by atomic mass is 19.1. The molecular formula is C14H20FNO2. The van der Waals surface area contributed by atoms with Crippen LogP contribution in [0.5, 0.6) is 0 Å². The van der Waals surface area contributed by atoms with E-state index in [2.05, 4.69) is 0 Å². The van der Waals surface area contributed by atoms with E-state index in [4.69, 9.17) is 10.5 Å². The standard InChI is InChI=1S/C14H20FNO2/c1-3-18-14(17)7-5-12(16)9-11-4-6-13(15)10(2)8-11/h4,6,8,12H,3,5,7,9,16H2,1-2H3. The molecule has 0 fully saturated rings. The third-order valence-corrected chi connectivity index (χ3v) is 2.74. The van der Waals surface area contributed by atoms with E-state index in [1.165, 1.54) is 6.07 Å². The zero-order valence-corrected chi connectivity index (χ0v) is 10.9. The Morgan fingerprint density at radius 1 is 1.50 bits per heavy atom. The van der Waals surface area contributed by atoms with Gasteiger partial charge in [-0.2, -0.15) is 0 Å². The Hall–Kier alpha value is -1.42. The summed E-state index contributed by atoms with van der Waals surface area (Å²) in [4.78, 5) is 11.2. The molecule has 0 saturated carbocycles. The zero-order valence-electron chi connectivity index (χ0n) is 10.9. The monoisotopic (exact) mass is 253 g/mol. The maximum atomic E-state index is 13.1. The Kier molecular flexibility index (Phi) is 5.78. The zero-order chi connectivity index (χ0) is 13.5. The number of esters is 1. The quantitative estimate of drug-likeness (QED) is 0.792. The molecule has 1 unspecified atom stereocenters. The van der Waals surface area contributed by atoms with E-state index in [0.29, 0.717) is 31.4 Å². The van der Waals surface area contributed by atoms with E-state index in [0.717, 1.165) is 5.56 Å². The fourth-order valence-electron chi connectivity index (χ4n) is 1.77. The van der Waals surface area contributed by atoms with Crippen LogP contribution in [0.1, 0.15) is 30.9 Å². The van der Waals surface area contributed by atoms with Crippen molar-refractivity contribution in [3.8, 4) is 0 Å². The number of halogens is 1. The number of carbonyl (C=O) groups excluding carboxylic acids is 1. The lowest BCUT2D eigenvalue weighted by Crippen LogP contribution is -2.24. The Balaban J connectivity index is 2.42. The Morgan fingerprint density at radius 3 is 2.83 bits per heavy atom. The number of rotatable bonds is 6. The van der Waals surface area contributed by atoms with Gasteiger partial charge in [0.25, 0.3) is 0 Å². The molecule has 0 aliphatic rings. The summed E-state index contributed by atoms with van der Waals surface area (Å²) in [5.74, 6) is -0.429. The maximum absolute atomic E-state index is 13.1. The average Bonchev–Trinajstić information content (AvgIpc) is 2.32. The number of hydrogen-bond donors (Lipinski definition) is 1. The number of carbonyl (C=O) groups is 1. The first-order valence-electron chi connectivity index (χ1n) is 6.19. The molecule has 2 N–H and O–H groups in total. The van der Waals surface area contributed by atoms with Crippen molar-refractivity contribution in [3.63, 3.8) is 0 Å². The lowest BCUT2D eigenvalue weighted by atomic mass is 10.0. The Morgan fingerprint density at radius 2 is 2.22 bits per heavy atom. The smallest absolute Gasteiger partial charge is 0.305 e. The third-order valence-electron chi connectivity index (χ3n) is 2.74. The molecule has 0 amide bonds. The molecule has 18 heavy (non-hydrogen) atoms. The topological polar surface area (TPSA) is 52.3 Å². The van der Waals surface area contributed by atoms with Crippen molar-refractivity contribution in [1.29, 1.82) is 0 Å². The number of hydrogen-bond acceptors (Lipinski definition) is 3. The molecule has 100 valence electrons. The molecule has 1 aromatic rings. The van der Waals surface area contributed by atoms with Crippen LogP contribution >= 0.6 is 0 Å². The molecule has 0 bridgehead atoms. The van der Waals surface area contributed by atoms with E-state index >= 15 is 0 Å². The molecule has 0 aromatic heterocycles. The summed E-state index contributed by atoms with van der Waals surface area (Å²) in [6, 6.07) is 4.86. The number of benzene rings is 1. The first kappa shape index (κ1) is 14.6. The molecule has 0 aliphatic heterocycles. The van der Waals surface area contributed by atoms with Crippen molar-refractivity contribution >= 4 is 5.97 Å². The van der Waals surface area contributed by atoms with Gasteiger partial charge >= 0.3 is 5.97 Å². The first-order valence-corrected chi connectivity index (χ1v) is 6.19. The molecule has 1 rings (SSSR count). The van der Waals surface area contributed by atoms with Crippen molar-refractivity contribution < 1.29 is 13.9 Å². The van der Waals surface area contributed by atoms with Crippen molar-refractivity contribution in [3.05, 3.63) is 35.1 Å². The molecule has 0 spiro atoms. The van der Waals surface area contributed by atoms with Crippen LogP contribution in [0.3, 0.4) is 0 Å². The van der Waals surface area contributed by atoms with E-state index < -0.39 is 0 Å². The van der Waals surface area contributed by atoms with Crippen molar-refractivity contribution in [1.82, 2.24) is 0 Å². The van der Waals surface area contributed by atoms with Gasteiger partial charge in [-0.05, 0) is 43.9 Å². The predicted octanol–water partition coefficient (Wildman–Crippen LogP) is 2.35. The minimum atomic E-state index is -0.219. The van der Waals surface area contributed by atoms with E-state index in [1.54, 1.807) is 26.0 Å². The summed E-state index contributed by atoms with van der Waals surface area (Å²) in [6.07, 6.45) is 1.55. The summed E-state index contributed by atoms with van der Waals surface area (Å²) < 4.78 is 17.9. The van der Waals surface area contributed by atoms with Gasteiger partial charge in [-0.25, -0.2) is 4.39 Å². The first-order chi connectivity index (χ1) is 8.52. The van der Waals surface area contributed by atoms with Gasteiger partial charge in [-0.15, -0.1) is 0 Å². The summed E-state index contributed by atoms with van der Waals surface area (Å²) in [5.41, 5.74) is 7.54. The van der Waals surface area contributed by atoms with Gasteiger partial charge in [0.2, 0.25) is 0 Å². The summed E-state index contributed by atoms with van der Waals surface area (Å²) >= 11 is 0. The van der Waals surface area contributed by atoms with E-state index in [9.17, 15) is 9.18 Å². The van der Waals surface area contributed by atoms with Crippen LogP contribution in [0, 0.1) is 12.7 Å². The molecule has 0 radical (unpaired) electrons. The molecule has 0 aliphatic carbocycles. The van der Waals surface area contributed by atoms with Gasteiger partial charge in [-0.1, -0.05) is 12.1 Å². The van der Waals surface area contributed by atoms with Gasteiger partial charge in [0, 0.05) is 12.5 Å². The minimum Gasteiger partial charge on any atom is -0.466 e. The summed E-state index contributed by atoms with van der Waals surface area (Å²) in [5, 5.41) is 0. The minimum absolute atomic E-state index is 0.112. The number of nitrogens with two attached hydrogens (primary N) is 1. The lowest BCUT2D eigenvalue weighted by Gasteiger charge is -2.11. The third kappa shape index (κ3) is 4.84. The van der Waals surface area contributed by atoms with Crippen LogP contribution in [0.2, 0.25) is 0 Å². The maximum Gasteiger partial charge on any atom is 0.305 e. The van der Waals surface area contributed by atoms with Crippen LogP contribution in [-0.4, -0.2) is 18.6 Å². The molecule has 0 heterocycles. The molecule has 1 atom stereocenters. The average molecular weight is 253 g/mol. The molecule has 0 saturated heterocycles. The molecule has 3 nitrogen and oxygen atoms in total. The van der Waals surface area contributed by atoms with Gasteiger partial charge in [0.15, 0.2) is 0 Å². The Labute approximate surface area is 107 Å². The summed E-state index contributed by atoms with van der Waals surface area (Å²) in [7, 11) is 0. The second kappa shape index (κ2) is 7.11. The second-order valence-corrected chi connectivity index (χ2v) is 4.39. The van der Waals surface area contributed by atoms with Crippen LogP contribution in [0.25, 0.3) is 0 Å². The van der Waals surface area contributed by atoms with Crippen LogP contribution < -0.4 is 5.73 Å². The fourth-order valence-corrected chi connectivity index (χ4v) is 1.77. The second-order valence-electron chi connectivity index (χ2n) is 4.39. The van der Waals surface area contributed by atoms with Crippen LogP contribution in [-0.2, 0) is 16.0 Å². The highest BCUT2D eigenvalue weighted by Crippen LogP contribution is 2.12. The lowest BCUT2D eigenvalue weighted by molar-refractivity contribution is -0.143. The molecule has 1 aromatic carbocycles. The van der Waals surface area contributed by atoms with E-state index in [-0.39, 0.29) is 17.8 Å². The van der Waals surface area contributed by atoms with Crippen LogP contribution in [0.15, 0.2) is 18.2 Å². The summed E-state index contributed by atoms with van der Waals surface area (Å²) in [6.45, 7) is 3.90. The Bertz CT molecular complexity index is 407. The van der Waals surface area contributed by atoms with Gasteiger partial charge < -0.3 is 10.5 Å². The van der Waals surface area contributed by atoms with Gasteiger partial charge in [-0.3, -0.25) is 4.79 Å². The van der Waals surface area contributed by atoms with E-state index in [1.807, 2.05) is 0 Å². The van der Waals surface area contributed by atoms with Crippen molar-refractivity contribution in [2.24, 2.45) is 5.73 Å². The predicted molar refractivity (Wildman–Crippen MR) is 68.7 cm³/mol. The van der Waals surface area contributed by atoms with Crippen LogP contribution in [0.4, 0.5) is 4.39 Å². The number of ether oxygens (including phenoxy) is 1. The van der Waals surface area contributed by atoms with Crippen molar-refractivity contribution in [2.75, 3.05) is 6.61 Å². The molecule has 4 heteroatoms. The fraction of sp³-hybridized carbons (Fsp3) is 0.500. The normalized spacial score (nSPS) is 12.2. The van der Waals surface area contributed by atoms with Gasteiger partial charge in [0.05, 0.1) is 6.61 Å². The van der Waals surface area contributed by atoms with Crippen molar-refractivity contribution in [2.45, 2.75) is 39.2 Å².